The van der Waals surface area contributed by atoms with Gasteiger partial charge in [0.1, 0.15) is 5.75 Å². The summed E-state index contributed by atoms with van der Waals surface area (Å²) in [7, 11) is 3.93. The minimum atomic E-state index is 0.523. The molecule has 1 fully saturated rings. The molecule has 0 aromatic heterocycles. The van der Waals surface area contributed by atoms with Crippen LogP contribution in [0.5, 0.6) is 5.75 Å². The third-order valence-electron chi connectivity index (χ3n) is 4.62. The lowest BCUT2D eigenvalue weighted by Gasteiger charge is -2.36. The fourth-order valence-electron chi connectivity index (χ4n) is 3.18. The van der Waals surface area contributed by atoms with Crippen LogP contribution in [0.3, 0.4) is 0 Å². The molecule has 1 heterocycles. The van der Waals surface area contributed by atoms with Crippen molar-refractivity contribution in [3.8, 4) is 5.75 Å². The van der Waals surface area contributed by atoms with Gasteiger partial charge >= 0.3 is 0 Å². The van der Waals surface area contributed by atoms with Gasteiger partial charge in [0.05, 0.1) is 7.11 Å². The molecule has 21 heavy (non-hydrogen) atoms. The van der Waals surface area contributed by atoms with Crippen molar-refractivity contribution in [3.63, 3.8) is 0 Å². The maximum atomic E-state index is 5.80. The van der Waals surface area contributed by atoms with Gasteiger partial charge in [-0.2, -0.15) is 0 Å². The fraction of sp³-hybridized carbons (Fsp3) is 0.647. The number of hydrogen-bond acceptors (Lipinski definition) is 4. The van der Waals surface area contributed by atoms with Crippen LogP contribution in [-0.4, -0.2) is 49.6 Å². The van der Waals surface area contributed by atoms with Crippen LogP contribution in [0.15, 0.2) is 18.2 Å². The van der Waals surface area contributed by atoms with E-state index in [-0.39, 0.29) is 0 Å². The topological polar surface area (TPSA) is 41.7 Å². The van der Waals surface area contributed by atoms with Gasteiger partial charge in [0.15, 0.2) is 0 Å². The third kappa shape index (κ3) is 4.19. The van der Waals surface area contributed by atoms with Crippen LogP contribution in [-0.2, 0) is 13.1 Å². The van der Waals surface area contributed by atoms with Crippen LogP contribution in [0.4, 0.5) is 0 Å². The molecular weight excluding hydrogens is 262 g/mol. The van der Waals surface area contributed by atoms with Gasteiger partial charge in [0, 0.05) is 24.7 Å². The molecule has 0 unspecified atom stereocenters. The first-order chi connectivity index (χ1) is 10.2. The van der Waals surface area contributed by atoms with Gasteiger partial charge in [-0.1, -0.05) is 13.0 Å². The van der Waals surface area contributed by atoms with E-state index in [1.165, 1.54) is 38.0 Å². The molecule has 0 bridgehead atoms. The first-order valence-corrected chi connectivity index (χ1v) is 7.96. The highest BCUT2D eigenvalue weighted by atomic mass is 16.5. The number of nitrogens with zero attached hydrogens (tertiary/aromatic N) is 2. The molecule has 2 rings (SSSR count). The lowest BCUT2D eigenvalue weighted by atomic mass is 10.0. The van der Waals surface area contributed by atoms with E-state index in [1.807, 2.05) is 6.07 Å². The molecule has 1 aromatic carbocycles. The van der Waals surface area contributed by atoms with E-state index in [1.54, 1.807) is 7.11 Å². The lowest BCUT2D eigenvalue weighted by Crippen LogP contribution is -2.42. The molecule has 1 saturated heterocycles. The summed E-state index contributed by atoms with van der Waals surface area (Å²) < 4.78 is 5.34. The number of likely N-dealkylation sites (tertiary alicyclic amines) is 1. The molecule has 0 spiro atoms. The van der Waals surface area contributed by atoms with Gasteiger partial charge in [-0.15, -0.1) is 0 Å². The Morgan fingerprint density at radius 1 is 1.33 bits per heavy atom. The summed E-state index contributed by atoms with van der Waals surface area (Å²) in [5.74, 6) is 0.889. The average Bonchev–Trinajstić information content (AvgIpc) is 2.54. The summed E-state index contributed by atoms with van der Waals surface area (Å²) >= 11 is 0. The summed E-state index contributed by atoms with van der Waals surface area (Å²) in [5.41, 5.74) is 8.20. The number of hydrogen-bond donors (Lipinski definition) is 1. The molecule has 2 N–H and O–H groups in total. The number of ether oxygens (including phenoxy) is 1. The Balaban J connectivity index is 1.95. The van der Waals surface area contributed by atoms with Crippen LogP contribution < -0.4 is 10.5 Å². The van der Waals surface area contributed by atoms with Crippen molar-refractivity contribution >= 4 is 0 Å². The SMILES string of the molecule is CCN1CCC(N(C)Cc2ccc(OC)c(CN)c2)CC1. The summed E-state index contributed by atoms with van der Waals surface area (Å²) in [4.78, 5) is 5.01. The zero-order valence-corrected chi connectivity index (χ0v) is 13.6. The Labute approximate surface area is 128 Å². The Bertz CT molecular complexity index is 442. The van der Waals surface area contributed by atoms with Gasteiger partial charge in [0.25, 0.3) is 0 Å². The molecule has 0 atom stereocenters. The molecule has 0 radical (unpaired) electrons. The van der Waals surface area contributed by atoms with Gasteiger partial charge < -0.3 is 15.4 Å². The quantitative estimate of drug-likeness (QED) is 0.871. The molecule has 1 aliphatic heterocycles. The van der Waals surface area contributed by atoms with E-state index in [2.05, 4.69) is 35.9 Å². The average molecular weight is 291 g/mol. The van der Waals surface area contributed by atoms with Crippen molar-refractivity contribution in [1.82, 2.24) is 9.80 Å². The number of methoxy groups -OCH3 is 1. The Kier molecular flexibility index (Phi) is 6.03. The van der Waals surface area contributed by atoms with Gasteiger partial charge in [-0.3, -0.25) is 4.90 Å². The molecule has 0 saturated carbocycles. The molecule has 118 valence electrons. The highest BCUT2D eigenvalue weighted by Crippen LogP contribution is 2.22. The lowest BCUT2D eigenvalue weighted by molar-refractivity contribution is 0.127. The minimum Gasteiger partial charge on any atom is -0.496 e. The largest absolute Gasteiger partial charge is 0.496 e. The smallest absolute Gasteiger partial charge is 0.123 e. The summed E-state index contributed by atoms with van der Waals surface area (Å²) in [6.07, 6.45) is 2.54. The van der Waals surface area contributed by atoms with Crippen LogP contribution in [0, 0.1) is 0 Å². The van der Waals surface area contributed by atoms with E-state index in [0.717, 1.165) is 17.9 Å². The fourth-order valence-corrected chi connectivity index (χ4v) is 3.18. The molecule has 4 heteroatoms. The maximum absolute atomic E-state index is 5.80. The molecule has 0 amide bonds. The Morgan fingerprint density at radius 3 is 2.62 bits per heavy atom. The molecule has 1 aliphatic rings. The van der Waals surface area contributed by atoms with Gasteiger partial charge in [0.2, 0.25) is 0 Å². The molecule has 1 aromatic rings. The first kappa shape index (κ1) is 16.3. The monoisotopic (exact) mass is 291 g/mol. The second-order valence-electron chi connectivity index (χ2n) is 5.93. The number of rotatable bonds is 6. The first-order valence-electron chi connectivity index (χ1n) is 7.96. The maximum Gasteiger partial charge on any atom is 0.123 e. The van der Waals surface area contributed by atoms with E-state index < -0.39 is 0 Å². The van der Waals surface area contributed by atoms with Crippen LogP contribution in [0.2, 0.25) is 0 Å². The van der Waals surface area contributed by atoms with E-state index in [0.29, 0.717) is 12.6 Å². The normalized spacial score (nSPS) is 17.4. The predicted molar refractivity (Wildman–Crippen MR) is 87.5 cm³/mol. The number of benzene rings is 1. The number of nitrogens with two attached hydrogens (primary N) is 1. The highest BCUT2D eigenvalue weighted by molar-refractivity contribution is 5.37. The predicted octanol–water partition coefficient (Wildman–Crippen LogP) is 2.07. The highest BCUT2D eigenvalue weighted by Gasteiger charge is 2.21. The van der Waals surface area contributed by atoms with Crippen molar-refractivity contribution in [3.05, 3.63) is 29.3 Å². The van der Waals surface area contributed by atoms with E-state index >= 15 is 0 Å². The molecule has 0 aliphatic carbocycles. The summed E-state index contributed by atoms with van der Waals surface area (Å²) in [5, 5.41) is 0. The van der Waals surface area contributed by atoms with Crippen LogP contribution in [0.1, 0.15) is 30.9 Å². The standard InChI is InChI=1S/C17H29N3O/c1-4-20-9-7-16(8-10-20)19(2)13-14-5-6-17(21-3)15(11-14)12-18/h5-6,11,16H,4,7-10,12-13,18H2,1-3H3. The summed E-state index contributed by atoms with van der Waals surface area (Å²) in [6.45, 7) is 7.37. The number of piperidine rings is 1. The Hall–Kier alpha value is -1.10. The minimum absolute atomic E-state index is 0.523. The van der Waals surface area contributed by atoms with Crippen molar-refractivity contribution < 1.29 is 4.74 Å². The Morgan fingerprint density at radius 2 is 2.05 bits per heavy atom. The molecular formula is C17H29N3O. The van der Waals surface area contributed by atoms with Crippen molar-refractivity contribution in [2.75, 3.05) is 33.8 Å². The van der Waals surface area contributed by atoms with E-state index in [9.17, 15) is 0 Å². The van der Waals surface area contributed by atoms with Crippen molar-refractivity contribution in [2.24, 2.45) is 5.73 Å². The van der Waals surface area contributed by atoms with E-state index in [4.69, 9.17) is 10.5 Å². The van der Waals surface area contributed by atoms with Crippen molar-refractivity contribution in [1.29, 1.82) is 0 Å². The second-order valence-corrected chi connectivity index (χ2v) is 5.93. The second kappa shape index (κ2) is 7.78. The van der Waals surface area contributed by atoms with Gasteiger partial charge in [-0.05, 0) is 57.2 Å². The molecule has 4 nitrogen and oxygen atoms in total. The van der Waals surface area contributed by atoms with Gasteiger partial charge in [-0.25, -0.2) is 0 Å². The summed E-state index contributed by atoms with van der Waals surface area (Å²) in [6, 6.07) is 7.05. The van der Waals surface area contributed by atoms with Crippen molar-refractivity contribution in [2.45, 2.75) is 38.9 Å². The van der Waals surface area contributed by atoms with Crippen LogP contribution in [0.25, 0.3) is 0 Å². The zero-order chi connectivity index (χ0) is 15.2. The third-order valence-corrected chi connectivity index (χ3v) is 4.62. The van der Waals surface area contributed by atoms with Crippen LogP contribution >= 0.6 is 0 Å². The zero-order valence-electron chi connectivity index (χ0n) is 13.6.